The molecule has 3 nitrogen and oxygen atoms in total. The first-order chi connectivity index (χ1) is 8.83. The summed E-state index contributed by atoms with van der Waals surface area (Å²) in [6.07, 6.45) is 8.55. The number of hydrogen-bond acceptors (Lipinski definition) is 3. The molecule has 3 fully saturated rings. The van der Waals surface area contributed by atoms with Gasteiger partial charge in [-0.15, -0.1) is 0 Å². The van der Waals surface area contributed by atoms with Gasteiger partial charge in [-0.2, -0.15) is 0 Å². The molecule has 2 atom stereocenters. The van der Waals surface area contributed by atoms with Gasteiger partial charge in [0.15, 0.2) is 0 Å². The topological polar surface area (TPSA) is 18.5 Å². The van der Waals surface area contributed by atoms with Crippen LogP contribution in [0.25, 0.3) is 0 Å². The largest absolute Gasteiger partial charge is 0.313 e. The molecule has 1 aliphatic carbocycles. The Kier molecular flexibility index (Phi) is 4.22. The molecule has 0 bridgehead atoms. The van der Waals surface area contributed by atoms with Crippen LogP contribution in [0.2, 0.25) is 0 Å². The van der Waals surface area contributed by atoms with Gasteiger partial charge in [-0.1, -0.05) is 12.8 Å². The summed E-state index contributed by atoms with van der Waals surface area (Å²) in [5.74, 6) is 0. The lowest BCUT2D eigenvalue weighted by Crippen LogP contribution is -2.56. The normalized spacial score (nSPS) is 35.2. The van der Waals surface area contributed by atoms with Crippen LogP contribution in [-0.2, 0) is 0 Å². The van der Waals surface area contributed by atoms with E-state index in [9.17, 15) is 0 Å². The molecule has 0 aromatic heterocycles. The lowest BCUT2D eigenvalue weighted by atomic mass is 10.1. The first-order valence-corrected chi connectivity index (χ1v) is 8.04. The fourth-order valence-electron chi connectivity index (χ4n) is 4.10. The molecular weight excluding hydrogens is 222 g/mol. The van der Waals surface area contributed by atoms with Crippen molar-refractivity contribution in [3.05, 3.63) is 0 Å². The minimum absolute atomic E-state index is 0.754. The Hall–Kier alpha value is -0.120. The van der Waals surface area contributed by atoms with E-state index >= 15 is 0 Å². The van der Waals surface area contributed by atoms with Crippen LogP contribution in [0, 0.1) is 0 Å². The third-order valence-corrected chi connectivity index (χ3v) is 5.25. The predicted molar refractivity (Wildman–Crippen MR) is 75.9 cm³/mol. The van der Waals surface area contributed by atoms with Gasteiger partial charge in [-0.3, -0.25) is 9.80 Å². The van der Waals surface area contributed by atoms with Crippen molar-refractivity contribution >= 4 is 0 Å². The molecule has 3 rings (SSSR count). The van der Waals surface area contributed by atoms with E-state index in [0.29, 0.717) is 0 Å². The van der Waals surface area contributed by atoms with Crippen LogP contribution in [0.15, 0.2) is 0 Å². The fourth-order valence-corrected chi connectivity index (χ4v) is 4.10. The van der Waals surface area contributed by atoms with Crippen LogP contribution in [0.4, 0.5) is 0 Å². The van der Waals surface area contributed by atoms with Crippen molar-refractivity contribution in [3.8, 4) is 0 Å². The third kappa shape index (κ3) is 2.89. The summed E-state index contributed by atoms with van der Waals surface area (Å²) in [6.45, 7) is 8.82. The van der Waals surface area contributed by atoms with Crippen molar-refractivity contribution < 1.29 is 0 Å². The number of hydrogen-bond donors (Lipinski definition) is 1. The maximum atomic E-state index is 3.75. The fraction of sp³-hybridized carbons (Fsp3) is 1.00. The molecule has 0 aromatic rings. The average molecular weight is 251 g/mol. The second-order valence-corrected chi connectivity index (χ2v) is 6.57. The summed E-state index contributed by atoms with van der Waals surface area (Å²) in [4.78, 5) is 5.43. The Bertz CT molecular complexity index is 262. The zero-order chi connectivity index (χ0) is 12.4. The maximum absolute atomic E-state index is 3.75. The van der Waals surface area contributed by atoms with Crippen molar-refractivity contribution in [2.24, 2.45) is 0 Å². The highest BCUT2D eigenvalue weighted by Crippen LogP contribution is 2.24. The second kappa shape index (κ2) is 5.89. The van der Waals surface area contributed by atoms with Gasteiger partial charge in [-0.05, 0) is 39.2 Å². The standard InChI is InChI=1S/C15H29N3/c1-13-11-18-9-4-7-15(18)12-17(13)10-8-16-14-5-2-3-6-14/h13-16H,2-12H2,1H3. The van der Waals surface area contributed by atoms with Crippen LogP contribution in [0.3, 0.4) is 0 Å². The van der Waals surface area contributed by atoms with E-state index in [4.69, 9.17) is 0 Å². The molecule has 2 aliphatic heterocycles. The lowest BCUT2D eigenvalue weighted by Gasteiger charge is -2.42. The van der Waals surface area contributed by atoms with Gasteiger partial charge in [0.05, 0.1) is 0 Å². The maximum Gasteiger partial charge on any atom is 0.0224 e. The SMILES string of the molecule is CC1CN2CCCC2CN1CCNC1CCCC1. The number of nitrogens with one attached hydrogen (secondary N) is 1. The van der Waals surface area contributed by atoms with Gasteiger partial charge in [0.1, 0.15) is 0 Å². The van der Waals surface area contributed by atoms with Crippen molar-refractivity contribution in [1.82, 2.24) is 15.1 Å². The highest BCUT2D eigenvalue weighted by molar-refractivity contribution is 4.90. The minimum Gasteiger partial charge on any atom is -0.313 e. The number of fused-ring (bicyclic) bond motifs is 1. The molecule has 1 N–H and O–H groups in total. The molecule has 0 radical (unpaired) electrons. The summed E-state index contributed by atoms with van der Waals surface area (Å²) >= 11 is 0. The summed E-state index contributed by atoms with van der Waals surface area (Å²) < 4.78 is 0. The first kappa shape index (κ1) is 12.9. The molecular formula is C15H29N3. The van der Waals surface area contributed by atoms with E-state index in [1.807, 2.05) is 0 Å². The van der Waals surface area contributed by atoms with Crippen LogP contribution >= 0.6 is 0 Å². The average Bonchev–Trinajstić information content (AvgIpc) is 3.00. The third-order valence-electron chi connectivity index (χ3n) is 5.25. The molecule has 3 aliphatic rings. The minimum atomic E-state index is 0.754. The molecule has 2 unspecified atom stereocenters. The highest BCUT2D eigenvalue weighted by atomic mass is 15.3. The zero-order valence-electron chi connectivity index (χ0n) is 11.9. The smallest absolute Gasteiger partial charge is 0.0224 e. The Morgan fingerprint density at radius 2 is 1.89 bits per heavy atom. The molecule has 0 aromatic carbocycles. The van der Waals surface area contributed by atoms with Crippen LogP contribution in [-0.4, -0.2) is 60.6 Å². The summed E-state index contributed by atoms with van der Waals surface area (Å²) in [7, 11) is 0. The molecule has 18 heavy (non-hydrogen) atoms. The van der Waals surface area contributed by atoms with Crippen molar-refractivity contribution in [2.75, 3.05) is 32.7 Å². The Morgan fingerprint density at radius 1 is 1.06 bits per heavy atom. The molecule has 2 saturated heterocycles. The first-order valence-electron chi connectivity index (χ1n) is 8.04. The van der Waals surface area contributed by atoms with Gasteiger partial charge in [0.2, 0.25) is 0 Å². The van der Waals surface area contributed by atoms with E-state index < -0.39 is 0 Å². The van der Waals surface area contributed by atoms with Crippen molar-refractivity contribution in [3.63, 3.8) is 0 Å². The number of nitrogens with zero attached hydrogens (tertiary/aromatic N) is 2. The van der Waals surface area contributed by atoms with Gasteiger partial charge in [0.25, 0.3) is 0 Å². The second-order valence-electron chi connectivity index (χ2n) is 6.57. The van der Waals surface area contributed by atoms with Crippen LogP contribution in [0.5, 0.6) is 0 Å². The van der Waals surface area contributed by atoms with E-state index in [1.54, 1.807) is 0 Å². The van der Waals surface area contributed by atoms with E-state index in [1.165, 1.54) is 71.2 Å². The Morgan fingerprint density at radius 3 is 2.72 bits per heavy atom. The van der Waals surface area contributed by atoms with E-state index in [-0.39, 0.29) is 0 Å². The number of rotatable bonds is 4. The van der Waals surface area contributed by atoms with Gasteiger partial charge in [0, 0.05) is 44.3 Å². The molecule has 0 amide bonds. The molecule has 3 heteroatoms. The summed E-state index contributed by atoms with van der Waals surface area (Å²) in [5.41, 5.74) is 0. The van der Waals surface area contributed by atoms with Gasteiger partial charge < -0.3 is 5.32 Å². The monoisotopic (exact) mass is 251 g/mol. The summed E-state index contributed by atoms with van der Waals surface area (Å²) in [5, 5.41) is 3.75. The van der Waals surface area contributed by atoms with Gasteiger partial charge >= 0.3 is 0 Å². The molecule has 1 saturated carbocycles. The van der Waals surface area contributed by atoms with Crippen LogP contribution in [0.1, 0.15) is 45.4 Å². The predicted octanol–water partition coefficient (Wildman–Crippen LogP) is 1.69. The van der Waals surface area contributed by atoms with E-state index in [2.05, 4.69) is 22.0 Å². The van der Waals surface area contributed by atoms with E-state index in [0.717, 1.165) is 18.1 Å². The Labute approximate surface area is 112 Å². The highest BCUT2D eigenvalue weighted by Gasteiger charge is 2.33. The van der Waals surface area contributed by atoms with Gasteiger partial charge in [-0.25, -0.2) is 0 Å². The quantitative estimate of drug-likeness (QED) is 0.820. The van der Waals surface area contributed by atoms with Crippen molar-refractivity contribution in [1.29, 1.82) is 0 Å². The van der Waals surface area contributed by atoms with Crippen LogP contribution < -0.4 is 5.32 Å². The Balaban J connectivity index is 1.41. The van der Waals surface area contributed by atoms with Crippen molar-refractivity contribution in [2.45, 2.75) is 63.6 Å². The summed E-state index contributed by atoms with van der Waals surface area (Å²) in [6, 6.07) is 2.45. The number of piperazine rings is 1. The molecule has 2 heterocycles. The lowest BCUT2D eigenvalue weighted by molar-refractivity contribution is 0.0599. The molecule has 0 spiro atoms. The zero-order valence-corrected chi connectivity index (χ0v) is 11.9. The molecule has 104 valence electrons.